The molecule has 0 unspecified atom stereocenters. The van der Waals surface area contributed by atoms with E-state index in [4.69, 9.17) is 0 Å². The lowest BCUT2D eigenvalue weighted by Gasteiger charge is -2.15. The number of rotatable bonds is 5. The fourth-order valence-corrected chi connectivity index (χ4v) is 3.49. The van der Waals surface area contributed by atoms with Crippen molar-refractivity contribution >= 4 is 35.2 Å². The topological polar surface area (TPSA) is 66.5 Å². The van der Waals surface area contributed by atoms with Crippen molar-refractivity contribution < 1.29 is 14.4 Å². The van der Waals surface area contributed by atoms with Crippen LogP contribution >= 0.6 is 0 Å². The summed E-state index contributed by atoms with van der Waals surface area (Å²) in [6.45, 7) is 4.27. The Bertz CT molecular complexity index is 1160. The molecule has 0 fully saturated rings. The molecule has 0 bridgehead atoms. The van der Waals surface area contributed by atoms with Gasteiger partial charge in [-0.3, -0.25) is 14.4 Å². The molecular weight excluding hydrogens is 388 g/mol. The molecule has 1 aliphatic rings. The summed E-state index contributed by atoms with van der Waals surface area (Å²) in [6.07, 6.45) is 3.20. The van der Waals surface area contributed by atoms with Crippen LogP contribution in [0.2, 0.25) is 0 Å². The minimum Gasteiger partial charge on any atom is -0.322 e. The van der Waals surface area contributed by atoms with Crippen LogP contribution in [0.3, 0.4) is 0 Å². The van der Waals surface area contributed by atoms with E-state index >= 15 is 0 Å². The summed E-state index contributed by atoms with van der Waals surface area (Å²) in [6, 6.07) is 21.5. The quantitative estimate of drug-likeness (QED) is 0.461. The molecule has 3 amide bonds. The minimum atomic E-state index is -0.367. The van der Waals surface area contributed by atoms with E-state index in [9.17, 15) is 14.4 Å². The molecule has 0 atom stereocenters. The lowest BCUT2D eigenvalue weighted by atomic mass is 10.0. The third kappa shape index (κ3) is 4.16. The molecule has 0 radical (unpaired) electrons. The van der Waals surface area contributed by atoms with Crippen molar-refractivity contribution in [2.24, 2.45) is 0 Å². The Morgan fingerprint density at radius 1 is 0.871 bits per heavy atom. The summed E-state index contributed by atoms with van der Waals surface area (Å²) in [4.78, 5) is 38.8. The van der Waals surface area contributed by atoms with Gasteiger partial charge in [0.1, 0.15) is 0 Å². The van der Waals surface area contributed by atoms with Gasteiger partial charge in [-0.2, -0.15) is 0 Å². The summed E-state index contributed by atoms with van der Waals surface area (Å²) in [7, 11) is 0. The van der Waals surface area contributed by atoms with Gasteiger partial charge in [-0.1, -0.05) is 56.3 Å². The number of nitrogens with zero attached hydrogens (tertiary/aromatic N) is 1. The van der Waals surface area contributed by atoms with Gasteiger partial charge >= 0.3 is 0 Å². The molecule has 1 heterocycles. The van der Waals surface area contributed by atoms with E-state index in [0.717, 1.165) is 10.5 Å². The average Bonchev–Trinajstić information content (AvgIpc) is 3.03. The summed E-state index contributed by atoms with van der Waals surface area (Å²) < 4.78 is 0. The number of amides is 3. The van der Waals surface area contributed by atoms with Crippen molar-refractivity contribution in [1.29, 1.82) is 0 Å². The Kier molecular flexibility index (Phi) is 5.50. The molecule has 1 aliphatic heterocycles. The molecule has 5 nitrogen and oxygen atoms in total. The third-order valence-electron chi connectivity index (χ3n) is 5.20. The number of benzene rings is 3. The van der Waals surface area contributed by atoms with Gasteiger partial charge < -0.3 is 5.32 Å². The van der Waals surface area contributed by atoms with Crippen LogP contribution in [0.5, 0.6) is 0 Å². The number of hydrogen-bond donors (Lipinski definition) is 1. The lowest BCUT2D eigenvalue weighted by Crippen LogP contribution is -2.29. The number of anilines is 2. The molecule has 0 saturated heterocycles. The number of imide groups is 1. The maximum atomic E-state index is 12.7. The van der Waals surface area contributed by atoms with Gasteiger partial charge in [0.25, 0.3) is 11.8 Å². The Morgan fingerprint density at radius 2 is 1.52 bits per heavy atom. The fraction of sp³-hybridized carbons (Fsp3) is 0.115. The van der Waals surface area contributed by atoms with Crippen molar-refractivity contribution in [3.05, 3.63) is 101 Å². The van der Waals surface area contributed by atoms with Crippen LogP contribution in [-0.4, -0.2) is 17.7 Å². The van der Waals surface area contributed by atoms with Crippen LogP contribution in [0.15, 0.2) is 78.9 Å². The Balaban J connectivity index is 1.47. The van der Waals surface area contributed by atoms with Crippen LogP contribution in [0.1, 0.15) is 51.6 Å². The third-order valence-corrected chi connectivity index (χ3v) is 5.20. The highest BCUT2D eigenvalue weighted by Gasteiger charge is 2.36. The monoisotopic (exact) mass is 410 g/mol. The minimum absolute atomic E-state index is 0.299. The van der Waals surface area contributed by atoms with Gasteiger partial charge in [-0.15, -0.1) is 0 Å². The van der Waals surface area contributed by atoms with E-state index in [1.54, 1.807) is 54.6 Å². The van der Waals surface area contributed by atoms with Gasteiger partial charge in [0.05, 0.1) is 16.8 Å². The van der Waals surface area contributed by atoms with Crippen molar-refractivity contribution in [3.63, 3.8) is 0 Å². The van der Waals surface area contributed by atoms with Gasteiger partial charge in [-0.05, 0) is 53.5 Å². The zero-order valence-electron chi connectivity index (χ0n) is 17.3. The van der Waals surface area contributed by atoms with Gasteiger partial charge in [-0.25, -0.2) is 4.90 Å². The molecule has 3 aromatic rings. The van der Waals surface area contributed by atoms with E-state index in [1.165, 1.54) is 11.6 Å². The highest BCUT2D eigenvalue weighted by atomic mass is 16.2. The van der Waals surface area contributed by atoms with Crippen LogP contribution < -0.4 is 10.2 Å². The number of hydrogen-bond acceptors (Lipinski definition) is 3. The second-order valence-electron chi connectivity index (χ2n) is 7.69. The van der Waals surface area contributed by atoms with Crippen LogP contribution in [0, 0.1) is 0 Å². The largest absolute Gasteiger partial charge is 0.322 e. The highest BCUT2D eigenvalue weighted by molar-refractivity contribution is 6.34. The van der Waals surface area contributed by atoms with E-state index in [1.807, 2.05) is 24.3 Å². The molecule has 3 aromatic carbocycles. The van der Waals surface area contributed by atoms with Gasteiger partial charge in [0.2, 0.25) is 5.91 Å². The summed E-state index contributed by atoms with van der Waals surface area (Å²) in [5.74, 6) is -0.578. The van der Waals surface area contributed by atoms with Crippen LogP contribution in [0.25, 0.3) is 6.08 Å². The second kappa shape index (κ2) is 8.40. The van der Waals surface area contributed by atoms with E-state index in [0.29, 0.717) is 28.4 Å². The maximum Gasteiger partial charge on any atom is 0.266 e. The van der Waals surface area contributed by atoms with Crippen LogP contribution in [-0.2, 0) is 4.79 Å². The number of carbonyl (C=O) groups excluding carboxylic acids is 3. The number of carbonyl (C=O) groups is 3. The highest BCUT2D eigenvalue weighted by Crippen LogP contribution is 2.29. The Morgan fingerprint density at radius 3 is 2.13 bits per heavy atom. The van der Waals surface area contributed by atoms with Crippen molar-refractivity contribution in [1.82, 2.24) is 0 Å². The van der Waals surface area contributed by atoms with Crippen molar-refractivity contribution in [3.8, 4) is 0 Å². The molecular formula is C26H22N2O3. The molecule has 0 saturated carbocycles. The van der Waals surface area contributed by atoms with E-state index in [2.05, 4.69) is 19.2 Å². The SMILES string of the molecule is CC(C)c1ccc(/C=C/C(=O)Nc2cccc(N3C(=O)c4ccccc4C3=O)c2)cc1. The predicted molar refractivity (Wildman–Crippen MR) is 122 cm³/mol. The second-order valence-corrected chi connectivity index (χ2v) is 7.69. The normalized spacial score (nSPS) is 13.2. The van der Waals surface area contributed by atoms with E-state index in [-0.39, 0.29) is 17.7 Å². The lowest BCUT2D eigenvalue weighted by molar-refractivity contribution is -0.111. The van der Waals surface area contributed by atoms with Gasteiger partial charge in [0.15, 0.2) is 0 Å². The van der Waals surface area contributed by atoms with Crippen molar-refractivity contribution in [2.45, 2.75) is 19.8 Å². The smallest absolute Gasteiger partial charge is 0.266 e. The first kappa shape index (κ1) is 20.3. The Labute approximate surface area is 181 Å². The molecule has 4 rings (SSSR count). The average molecular weight is 410 g/mol. The first-order valence-corrected chi connectivity index (χ1v) is 10.1. The zero-order valence-corrected chi connectivity index (χ0v) is 17.3. The molecule has 5 heteroatoms. The van der Waals surface area contributed by atoms with Gasteiger partial charge in [0, 0.05) is 11.8 Å². The zero-order chi connectivity index (χ0) is 22.0. The fourth-order valence-electron chi connectivity index (χ4n) is 3.49. The summed E-state index contributed by atoms with van der Waals surface area (Å²) in [5.41, 5.74) is 3.85. The molecule has 0 spiro atoms. The van der Waals surface area contributed by atoms with Crippen molar-refractivity contribution in [2.75, 3.05) is 10.2 Å². The molecule has 154 valence electrons. The Hall–Kier alpha value is -3.99. The number of fused-ring (bicyclic) bond motifs is 1. The number of nitrogens with one attached hydrogen (secondary N) is 1. The van der Waals surface area contributed by atoms with E-state index < -0.39 is 0 Å². The predicted octanol–water partition coefficient (Wildman–Crippen LogP) is 5.26. The van der Waals surface area contributed by atoms with Crippen LogP contribution in [0.4, 0.5) is 11.4 Å². The first-order chi connectivity index (χ1) is 14.9. The molecule has 0 aromatic heterocycles. The summed E-state index contributed by atoms with van der Waals surface area (Å²) in [5, 5.41) is 2.78. The first-order valence-electron chi connectivity index (χ1n) is 10.1. The molecule has 0 aliphatic carbocycles. The molecule has 31 heavy (non-hydrogen) atoms. The summed E-state index contributed by atoms with van der Waals surface area (Å²) >= 11 is 0. The standard InChI is InChI=1S/C26H22N2O3/c1-17(2)19-13-10-18(11-14-19)12-15-24(29)27-20-6-5-7-21(16-20)28-25(30)22-8-3-4-9-23(22)26(28)31/h3-17H,1-2H3,(H,27,29)/b15-12+. The molecule has 1 N–H and O–H groups in total. The maximum absolute atomic E-state index is 12.7.